The van der Waals surface area contributed by atoms with Crippen LogP contribution in [0.2, 0.25) is 0 Å². The van der Waals surface area contributed by atoms with Gasteiger partial charge in [0.15, 0.2) is 0 Å². The second kappa shape index (κ2) is 5.70. The number of tetrazole rings is 1. The van der Waals surface area contributed by atoms with Gasteiger partial charge in [0, 0.05) is 18.7 Å². The van der Waals surface area contributed by atoms with Gasteiger partial charge in [-0.2, -0.15) is 0 Å². The number of aromatic nitrogens is 4. The van der Waals surface area contributed by atoms with Gasteiger partial charge in [0.25, 0.3) is 0 Å². The van der Waals surface area contributed by atoms with Crippen molar-refractivity contribution in [3.8, 4) is 5.75 Å². The number of hydrogen-bond acceptors (Lipinski definition) is 6. The van der Waals surface area contributed by atoms with Crippen LogP contribution in [0.25, 0.3) is 0 Å². The Morgan fingerprint density at radius 2 is 2.10 bits per heavy atom. The summed E-state index contributed by atoms with van der Waals surface area (Å²) in [6.07, 6.45) is 2.80. The third kappa shape index (κ3) is 3.04. The summed E-state index contributed by atoms with van der Waals surface area (Å²) in [5.74, 6) is 0.0780. The van der Waals surface area contributed by atoms with Crippen molar-refractivity contribution in [3.63, 3.8) is 0 Å². The molecule has 8 heteroatoms. The van der Waals surface area contributed by atoms with Crippen molar-refractivity contribution in [2.45, 2.75) is 19.4 Å². The van der Waals surface area contributed by atoms with Gasteiger partial charge in [0.1, 0.15) is 18.6 Å². The summed E-state index contributed by atoms with van der Waals surface area (Å²) in [5, 5.41) is 10.4. The lowest BCUT2D eigenvalue weighted by Gasteiger charge is -2.15. The summed E-state index contributed by atoms with van der Waals surface area (Å²) in [5.41, 5.74) is 0.817. The minimum atomic E-state index is -0.465. The van der Waals surface area contributed by atoms with Crippen LogP contribution >= 0.6 is 0 Å². The van der Waals surface area contributed by atoms with E-state index >= 15 is 0 Å². The number of rotatable bonds is 4. The van der Waals surface area contributed by atoms with E-state index in [1.165, 1.54) is 11.0 Å². The molecule has 0 radical (unpaired) electrons. The highest BCUT2D eigenvalue weighted by Gasteiger charge is 2.21. The van der Waals surface area contributed by atoms with Crippen molar-refractivity contribution in [3.05, 3.63) is 30.6 Å². The van der Waals surface area contributed by atoms with Crippen molar-refractivity contribution in [1.29, 1.82) is 0 Å². The predicted molar refractivity (Wildman–Crippen MR) is 71.5 cm³/mol. The topological polar surface area (TPSA) is 90.2 Å². The molecular formula is C13H13N5O3. The maximum atomic E-state index is 11.7. The zero-order valence-electron chi connectivity index (χ0n) is 11.2. The molecule has 1 aliphatic rings. The summed E-state index contributed by atoms with van der Waals surface area (Å²) in [4.78, 5) is 25.0. The minimum Gasteiger partial charge on any atom is -0.425 e. The van der Waals surface area contributed by atoms with E-state index < -0.39 is 5.97 Å². The summed E-state index contributed by atoms with van der Waals surface area (Å²) >= 11 is 0. The molecule has 0 unspecified atom stereocenters. The highest BCUT2D eigenvalue weighted by molar-refractivity contribution is 5.95. The van der Waals surface area contributed by atoms with Gasteiger partial charge in [0.05, 0.1) is 0 Å². The average Bonchev–Trinajstić information content (AvgIpc) is 3.11. The first-order chi connectivity index (χ1) is 10.2. The Hall–Kier alpha value is -2.77. The van der Waals surface area contributed by atoms with Crippen molar-refractivity contribution < 1.29 is 14.3 Å². The number of nitrogens with zero attached hydrogens (tertiary/aromatic N) is 5. The highest BCUT2D eigenvalue weighted by atomic mass is 16.5. The predicted octanol–water partition coefficient (Wildman–Crippen LogP) is 0.405. The molecule has 1 aromatic carbocycles. The molecule has 1 aliphatic heterocycles. The Balaban J connectivity index is 1.61. The Morgan fingerprint density at radius 3 is 2.71 bits per heavy atom. The molecule has 3 rings (SSSR count). The average molecular weight is 287 g/mol. The van der Waals surface area contributed by atoms with Crippen LogP contribution in [0, 0.1) is 0 Å². The molecule has 1 amide bonds. The summed E-state index contributed by atoms with van der Waals surface area (Å²) in [6, 6.07) is 6.86. The van der Waals surface area contributed by atoms with Crippen molar-refractivity contribution in [1.82, 2.24) is 20.2 Å². The van der Waals surface area contributed by atoms with Crippen molar-refractivity contribution in [2.24, 2.45) is 0 Å². The van der Waals surface area contributed by atoms with E-state index in [9.17, 15) is 9.59 Å². The molecule has 1 fully saturated rings. The van der Waals surface area contributed by atoms with Gasteiger partial charge in [0.2, 0.25) is 5.91 Å². The highest BCUT2D eigenvalue weighted by Crippen LogP contribution is 2.23. The molecule has 1 aromatic heterocycles. The van der Waals surface area contributed by atoms with Gasteiger partial charge in [-0.05, 0) is 41.1 Å². The second-order valence-electron chi connectivity index (χ2n) is 4.62. The summed E-state index contributed by atoms with van der Waals surface area (Å²) in [7, 11) is 0. The lowest BCUT2D eigenvalue weighted by atomic mass is 10.3. The van der Waals surface area contributed by atoms with Crippen LogP contribution in [-0.4, -0.2) is 38.6 Å². The van der Waals surface area contributed by atoms with Gasteiger partial charge in [-0.1, -0.05) is 0 Å². The van der Waals surface area contributed by atoms with Crippen molar-refractivity contribution in [2.75, 3.05) is 11.4 Å². The quantitative estimate of drug-likeness (QED) is 0.597. The maximum Gasteiger partial charge on any atom is 0.333 e. The van der Waals surface area contributed by atoms with Gasteiger partial charge < -0.3 is 9.64 Å². The Bertz CT molecular complexity index is 638. The Morgan fingerprint density at radius 1 is 1.29 bits per heavy atom. The number of amides is 1. The molecule has 2 aromatic rings. The van der Waals surface area contributed by atoms with Crippen LogP contribution in [0.5, 0.6) is 5.75 Å². The smallest absolute Gasteiger partial charge is 0.333 e. The molecule has 2 heterocycles. The zero-order chi connectivity index (χ0) is 14.7. The van der Waals surface area contributed by atoms with E-state index in [4.69, 9.17) is 4.74 Å². The van der Waals surface area contributed by atoms with Crippen LogP contribution < -0.4 is 9.64 Å². The van der Waals surface area contributed by atoms with Gasteiger partial charge in [-0.25, -0.2) is 9.48 Å². The molecule has 0 spiro atoms. The molecule has 1 saturated heterocycles. The summed E-state index contributed by atoms with van der Waals surface area (Å²) in [6.45, 7) is 0.677. The first-order valence-electron chi connectivity index (χ1n) is 6.54. The number of hydrogen-bond donors (Lipinski definition) is 0. The van der Waals surface area contributed by atoms with Crippen LogP contribution in [0.3, 0.4) is 0 Å². The third-order valence-corrected chi connectivity index (χ3v) is 3.14. The largest absolute Gasteiger partial charge is 0.425 e. The number of esters is 1. The van der Waals surface area contributed by atoms with E-state index in [2.05, 4.69) is 15.5 Å². The van der Waals surface area contributed by atoms with Gasteiger partial charge in [-0.3, -0.25) is 4.79 Å². The molecule has 0 atom stereocenters. The summed E-state index contributed by atoms with van der Waals surface area (Å²) < 4.78 is 6.45. The van der Waals surface area contributed by atoms with Crippen LogP contribution in [0.4, 0.5) is 5.69 Å². The SMILES string of the molecule is O=C(Cn1cnnn1)Oc1ccc(N2CCCC2=O)cc1. The molecular weight excluding hydrogens is 274 g/mol. The van der Waals surface area contributed by atoms with Crippen LogP contribution in [-0.2, 0) is 16.1 Å². The van der Waals surface area contributed by atoms with Gasteiger partial charge in [-0.15, -0.1) is 5.10 Å². The maximum absolute atomic E-state index is 11.7. The number of ether oxygens (including phenoxy) is 1. The second-order valence-corrected chi connectivity index (χ2v) is 4.62. The standard InChI is InChI=1S/C13H13N5O3/c19-12-2-1-7-18(12)10-3-5-11(6-4-10)21-13(20)8-17-9-14-15-16-17/h3-6,9H,1-2,7-8H2. The first-order valence-corrected chi connectivity index (χ1v) is 6.54. The first kappa shape index (κ1) is 13.2. The fraction of sp³-hybridized carbons (Fsp3) is 0.308. The minimum absolute atomic E-state index is 0.0562. The monoisotopic (exact) mass is 287 g/mol. The third-order valence-electron chi connectivity index (χ3n) is 3.14. The number of benzene rings is 1. The fourth-order valence-corrected chi connectivity index (χ4v) is 2.16. The molecule has 0 saturated carbocycles. The van der Waals surface area contributed by atoms with Gasteiger partial charge >= 0.3 is 5.97 Å². The van der Waals surface area contributed by atoms with Crippen molar-refractivity contribution >= 4 is 17.6 Å². The number of carbonyl (C=O) groups is 2. The number of carbonyl (C=O) groups excluding carboxylic acids is 2. The van der Waals surface area contributed by atoms with Crippen LogP contribution in [0.15, 0.2) is 30.6 Å². The molecule has 0 aliphatic carbocycles. The van der Waals surface area contributed by atoms with E-state index in [-0.39, 0.29) is 12.5 Å². The lowest BCUT2D eigenvalue weighted by Crippen LogP contribution is -2.23. The fourth-order valence-electron chi connectivity index (χ4n) is 2.16. The van der Waals surface area contributed by atoms with E-state index in [1.54, 1.807) is 29.2 Å². The lowest BCUT2D eigenvalue weighted by molar-refractivity contribution is -0.135. The molecule has 0 N–H and O–H groups in total. The molecule has 0 bridgehead atoms. The normalized spacial score (nSPS) is 14.5. The molecule has 8 nitrogen and oxygen atoms in total. The van der Waals surface area contributed by atoms with E-state index in [0.29, 0.717) is 12.2 Å². The van der Waals surface area contributed by atoms with E-state index in [1.807, 2.05) is 0 Å². The molecule has 108 valence electrons. The van der Waals surface area contributed by atoms with E-state index in [0.717, 1.165) is 18.7 Å². The number of anilines is 1. The van der Waals surface area contributed by atoms with Crippen LogP contribution in [0.1, 0.15) is 12.8 Å². The Kier molecular flexibility index (Phi) is 3.59. The Labute approximate surface area is 120 Å². The zero-order valence-corrected chi connectivity index (χ0v) is 11.2. The molecule has 21 heavy (non-hydrogen) atoms.